The van der Waals surface area contributed by atoms with Crippen LogP contribution in [0.3, 0.4) is 0 Å². The number of hydrogen-bond donors (Lipinski definition) is 6. The maximum Gasteiger partial charge on any atom is 0.327 e. The van der Waals surface area contributed by atoms with Gasteiger partial charge >= 0.3 is 11.4 Å². The van der Waals surface area contributed by atoms with Crippen LogP contribution in [-0.4, -0.2) is 50.3 Å². The number of fused-ring (bicyclic) bond motifs is 1. The van der Waals surface area contributed by atoms with E-state index in [2.05, 4.69) is 20.3 Å². The molecule has 1 aliphatic rings. The van der Waals surface area contributed by atoms with E-state index in [4.69, 9.17) is 5.41 Å². The Morgan fingerprint density at radius 1 is 1.00 bits per heavy atom. The summed E-state index contributed by atoms with van der Waals surface area (Å²) in [7, 11) is 1.69. The van der Waals surface area contributed by atoms with E-state index >= 15 is 0 Å². The topological polar surface area (TPSA) is 171 Å². The SMILES string of the molecule is CN1CC(=O)NC1=N.O=c1[nH]c(=O)c2[nH]c(=O)[nH]c2[nH]1. The summed E-state index contributed by atoms with van der Waals surface area (Å²) in [5.74, 6) is 0.0903. The quantitative estimate of drug-likeness (QED) is 0.306. The van der Waals surface area contributed by atoms with E-state index in [1.54, 1.807) is 11.9 Å². The first kappa shape index (κ1) is 13.3. The largest absolute Gasteiger partial charge is 0.337 e. The lowest BCUT2D eigenvalue weighted by molar-refractivity contribution is -0.118. The normalized spacial score (nSPS) is 14.2. The van der Waals surface area contributed by atoms with Crippen LogP contribution in [0.25, 0.3) is 11.2 Å². The summed E-state index contributed by atoms with van der Waals surface area (Å²) in [5.41, 5.74) is -1.65. The third-order valence-corrected chi connectivity index (χ3v) is 2.44. The van der Waals surface area contributed by atoms with Gasteiger partial charge in [0.25, 0.3) is 5.56 Å². The first-order chi connectivity index (χ1) is 9.36. The van der Waals surface area contributed by atoms with Crippen molar-refractivity contribution in [2.75, 3.05) is 13.6 Å². The predicted octanol–water partition coefficient (Wildman–Crippen LogP) is -2.78. The fourth-order valence-electron chi connectivity index (χ4n) is 1.52. The molecule has 0 spiro atoms. The minimum Gasteiger partial charge on any atom is -0.337 e. The van der Waals surface area contributed by atoms with Crippen molar-refractivity contribution in [3.8, 4) is 0 Å². The van der Waals surface area contributed by atoms with Crippen LogP contribution in [0.2, 0.25) is 0 Å². The lowest BCUT2D eigenvalue weighted by atomic mass is 10.5. The molecule has 106 valence electrons. The van der Waals surface area contributed by atoms with Crippen LogP contribution in [0.5, 0.6) is 0 Å². The van der Waals surface area contributed by atoms with Crippen molar-refractivity contribution in [2.45, 2.75) is 0 Å². The highest BCUT2D eigenvalue weighted by molar-refractivity contribution is 6.02. The number of aromatic amines is 4. The average molecular weight is 281 g/mol. The highest BCUT2D eigenvalue weighted by Gasteiger charge is 2.18. The van der Waals surface area contributed by atoms with Crippen molar-refractivity contribution in [3.63, 3.8) is 0 Å². The molecule has 3 heterocycles. The molecule has 3 rings (SSSR count). The van der Waals surface area contributed by atoms with Gasteiger partial charge in [-0.1, -0.05) is 0 Å². The number of carbonyl (C=O) groups is 1. The maximum absolute atomic E-state index is 10.9. The van der Waals surface area contributed by atoms with Gasteiger partial charge in [-0.15, -0.1) is 0 Å². The molecule has 11 nitrogen and oxygen atoms in total. The molecule has 0 radical (unpaired) electrons. The smallest absolute Gasteiger partial charge is 0.327 e. The van der Waals surface area contributed by atoms with Gasteiger partial charge in [-0.05, 0) is 0 Å². The first-order valence-electron chi connectivity index (χ1n) is 5.41. The number of guanidine groups is 1. The first-order valence-corrected chi connectivity index (χ1v) is 5.41. The zero-order valence-electron chi connectivity index (χ0n) is 10.3. The molecule has 0 saturated carbocycles. The van der Waals surface area contributed by atoms with Crippen LogP contribution in [0.4, 0.5) is 0 Å². The summed E-state index contributed by atoms with van der Waals surface area (Å²) in [4.78, 5) is 52.9. The Kier molecular flexibility index (Phi) is 3.25. The van der Waals surface area contributed by atoms with Gasteiger partial charge in [0.15, 0.2) is 5.96 Å². The molecule has 1 aliphatic heterocycles. The number of H-pyrrole nitrogens is 4. The van der Waals surface area contributed by atoms with E-state index in [0.717, 1.165) is 0 Å². The molecule has 6 N–H and O–H groups in total. The summed E-state index contributed by atoms with van der Waals surface area (Å²) in [6.45, 7) is 0.318. The van der Waals surface area contributed by atoms with Gasteiger partial charge in [0.2, 0.25) is 5.91 Å². The Morgan fingerprint density at radius 2 is 1.60 bits per heavy atom. The zero-order chi connectivity index (χ0) is 14.9. The number of imidazole rings is 1. The molecular formula is C9H11N7O4. The molecular weight excluding hydrogens is 270 g/mol. The average Bonchev–Trinajstić information content (AvgIpc) is 2.82. The van der Waals surface area contributed by atoms with Gasteiger partial charge < -0.3 is 4.90 Å². The number of aromatic nitrogens is 4. The van der Waals surface area contributed by atoms with Crippen LogP contribution in [0, 0.1) is 5.41 Å². The molecule has 11 heteroatoms. The molecule has 0 atom stereocenters. The van der Waals surface area contributed by atoms with Gasteiger partial charge in [0, 0.05) is 7.05 Å². The number of nitrogens with one attached hydrogen (secondary N) is 6. The summed E-state index contributed by atoms with van der Waals surface area (Å²) >= 11 is 0. The van der Waals surface area contributed by atoms with Crippen LogP contribution >= 0.6 is 0 Å². The van der Waals surface area contributed by atoms with Gasteiger partial charge in [-0.2, -0.15) is 0 Å². The van der Waals surface area contributed by atoms with Crippen molar-refractivity contribution in [2.24, 2.45) is 0 Å². The second kappa shape index (κ2) is 4.87. The molecule has 20 heavy (non-hydrogen) atoms. The number of amides is 1. The van der Waals surface area contributed by atoms with Crippen LogP contribution in [-0.2, 0) is 4.79 Å². The number of carbonyl (C=O) groups excluding carboxylic acids is 1. The van der Waals surface area contributed by atoms with Crippen molar-refractivity contribution in [1.29, 1.82) is 5.41 Å². The third kappa shape index (κ3) is 2.66. The molecule has 0 unspecified atom stereocenters. The van der Waals surface area contributed by atoms with Crippen LogP contribution in [0.1, 0.15) is 0 Å². The monoisotopic (exact) mass is 281 g/mol. The molecule has 2 aromatic heterocycles. The summed E-state index contributed by atoms with van der Waals surface area (Å²) < 4.78 is 0. The third-order valence-electron chi connectivity index (χ3n) is 2.44. The van der Waals surface area contributed by atoms with Crippen LogP contribution < -0.4 is 22.3 Å². The van der Waals surface area contributed by atoms with Crippen molar-refractivity contribution in [1.82, 2.24) is 30.2 Å². The Morgan fingerprint density at radius 3 is 2.05 bits per heavy atom. The van der Waals surface area contributed by atoms with Crippen molar-refractivity contribution in [3.05, 3.63) is 31.3 Å². The second-order valence-corrected chi connectivity index (χ2v) is 3.99. The highest BCUT2D eigenvalue weighted by atomic mass is 16.2. The lowest BCUT2D eigenvalue weighted by Crippen LogP contribution is -2.25. The fraction of sp³-hybridized carbons (Fsp3) is 0.222. The van der Waals surface area contributed by atoms with Crippen LogP contribution in [0.15, 0.2) is 14.4 Å². The molecule has 0 aliphatic carbocycles. The van der Waals surface area contributed by atoms with Gasteiger partial charge in [-0.25, -0.2) is 9.59 Å². The fourth-order valence-corrected chi connectivity index (χ4v) is 1.52. The minimum atomic E-state index is -0.650. The lowest BCUT2D eigenvalue weighted by Gasteiger charge is -2.03. The second-order valence-electron chi connectivity index (χ2n) is 3.99. The zero-order valence-corrected chi connectivity index (χ0v) is 10.3. The molecule has 0 bridgehead atoms. The number of likely N-dealkylation sites (N-methyl/N-ethyl adjacent to an activating group) is 1. The number of rotatable bonds is 0. The Labute approximate surface area is 109 Å². The van der Waals surface area contributed by atoms with Gasteiger partial charge in [0.1, 0.15) is 11.2 Å². The minimum absolute atomic E-state index is 0.0413. The van der Waals surface area contributed by atoms with E-state index < -0.39 is 16.9 Å². The summed E-state index contributed by atoms with van der Waals surface area (Å²) in [6, 6.07) is 0. The Balaban J connectivity index is 0.000000160. The van der Waals surface area contributed by atoms with E-state index in [0.29, 0.717) is 6.54 Å². The van der Waals surface area contributed by atoms with E-state index in [1.165, 1.54) is 0 Å². The Hall–Kier alpha value is -3.11. The van der Waals surface area contributed by atoms with Crippen molar-refractivity contribution < 1.29 is 4.79 Å². The number of hydrogen-bond acceptors (Lipinski definition) is 5. The predicted molar refractivity (Wildman–Crippen MR) is 68.7 cm³/mol. The molecule has 1 amide bonds. The van der Waals surface area contributed by atoms with Gasteiger partial charge in [-0.3, -0.25) is 40.3 Å². The van der Waals surface area contributed by atoms with Gasteiger partial charge in [0.05, 0.1) is 6.54 Å². The van der Waals surface area contributed by atoms with E-state index in [1.807, 2.05) is 4.98 Å². The maximum atomic E-state index is 10.9. The molecule has 1 fully saturated rings. The molecule has 0 aromatic carbocycles. The van der Waals surface area contributed by atoms with E-state index in [9.17, 15) is 19.2 Å². The molecule has 1 saturated heterocycles. The molecule has 2 aromatic rings. The highest BCUT2D eigenvalue weighted by Crippen LogP contribution is 1.89. The van der Waals surface area contributed by atoms with E-state index in [-0.39, 0.29) is 23.0 Å². The summed E-state index contributed by atoms with van der Waals surface area (Å²) in [5, 5.41) is 9.32. The van der Waals surface area contributed by atoms with Crippen molar-refractivity contribution >= 4 is 23.0 Å². The number of nitrogens with zero attached hydrogens (tertiary/aromatic N) is 1. The summed E-state index contributed by atoms with van der Waals surface area (Å²) in [6.07, 6.45) is 0. The standard InChI is InChI=1S/C5H4N4O3.C4H7N3O/c10-3-1-2(7-4(11)6-1)8-5(12)9-3;1-7-2-3(8)6-4(7)5/h(H4,6,7,8,9,10,11,12);2H2,1H3,(H2,5,6,8). The Bertz CT molecular complexity index is 838.